The topological polar surface area (TPSA) is 54.5 Å². The lowest BCUT2D eigenvalue weighted by molar-refractivity contribution is 0.258. The third-order valence-electron chi connectivity index (χ3n) is 3.41. The molecule has 0 saturated carbocycles. The molecule has 2 amide bonds. The summed E-state index contributed by atoms with van der Waals surface area (Å²) >= 11 is 1.16. The minimum atomic E-state index is -0.379. The van der Waals surface area contributed by atoms with Crippen molar-refractivity contribution in [1.82, 2.24) is 4.98 Å². The highest BCUT2D eigenvalue weighted by molar-refractivity contribution is 7.17. The van der Waals surface area contributed by atoms with E-state index in [1.165, 1.54) is 23.2 Å². The molecule has 7 heteroatoms. The predicted molar refractivity (Wildman–Crippen MR) is 97.2 cm³/mol. The molecular formula is C18H16FN3O2S. The molecule has 1 aromatic heterocycles. The van der Waals surface area contributed by atoms with Gasteiger partial charge in [-0.2, -0.15) is 0 Å². The molecule has 0 radical (unpaired) electrons. The molecule has 5 nitrogen and oxygen atoms in total. The number of carbonyl (C=O) groups excluding carboxylic acids is 1. The maximum absolute atomic E-state index is 13.2. The average Bonchev–Trinajstić information content (AvgIpc) is 3.01. The van der Waals surface area contributed by atoms with Gasteiger partial charge in [0.2, 0.25) is 5.06 Å². The van der Waals surface area contributed by atoms with Gasteiger partial charge in [0, 0.05) is 18.8 Å². The van der Waals surface area contributed by atoms with Crippen LogP contribution in [0.4, 0.5) is 20.0 Å². The first-order chi connectivity index (χ1) is 12.0. The summed E-state index contributed by atoms with van der Waals surface area (Å²) in [4.78, 5) is 17.9. The normalized spacial score (nSPS) is 10.4. The van der Waals surface area contributed by atoms with E-state index in [9.17, 15) is 9.18 Å². The molecule has 2 aromatic carbocycles. The van der Waals surface area contributed by atoms with Crippen LogP contribution in [0.3, 0.4) is 0 Å². The van der Waals surface area contributed by atoms with Crippen molar-refractivity contribution in [3.05, 3.63) is 66.1 Å². The summed E-state index contributed by atoms with van der Waals surface area (Å²) in [7, 11) is 1.68. The molecule has 0 aliphatic rings. The Kier molecular flexibility index (Phi) is 4.95. The van der Waals surface area contributed by atoms with Gasteiger partial charge < -0.3 is 4.74 Å². The smallest absolute Gasteiger partial charge is 0.327 e. The van der Waals surface area contributed by atoms with Crippen LogP contribution in [0, 0.1) is 12.7 Å². The molecule has 1 heterocycles. The number of rotatable bonds is 4. The number of anilines is 2. The first kappa shape index (κ1) is 16.9. The molecule has 3 aromatic rings. The van der Waals surface area contributed by atoms with Gasteiger partial charge in [-0.15, -0.1) is 0 Å². The van der Waals surface area contributed by atoms with Crippen LogP contribution < -0.4 is 15.0 Å². The summed E-state index contributed by atoms with van der Waals surface area (Å²) in [6, 6.07) is 13.1. The fourth-order valence-corrected chi connectivity index (χ4v) is 2.82. The number of benzene rings is 2. The molecular weight excluding hydrogens is 341 g/mol. The van der Waals surface area contributed by atoms with Crippen molar-refractivity contribution in [2.45, 2.75) is 6.92 Å². The number of nitrogens with one attached hydrogen (secondary N) is 1. The van der Waals surface area contributed by atoms with E-state index in [4.69, 9.17) is 4.74 Å². The van der Waals surface area contributed by atoms with Gasteiger partial charge in [0.25, 0.3) is 0 Å². The third kappa shape index (κ3) is 4.33. The Morgan fingerprint density at radius 3 is 2.80 bits per heavy atom. The standard InChI is InChI=1S/C18H16FN3O2S/c1-12-5-3-7-14(9-12)22(2)18(23)21-17-20-11-16(25-17)24-15-8-4-6-13(19)10-15/h3-11H,1-2H3,(H,20,21,23). The van der Waals surface area contributed by atoms with E-state index in [0.29, 0.717) is 15.9 Å². The zero-order valence-electron chi connectivity index (χ0n) is 13.7. The highest BCUT2D eigenvalue weighted by Crippen LogP contribution is 2.30. The quantitative estimate of drug-likeness (QED) is 0.711. The van der Waals surface area contributed by atoms with Gasteiger partial charge in [-0.3, -0.25) is 10.2 Å². The molecule has 0 aliphatic carbocycles. The summed E-state index contributed by atoms with van der Waals surface area (Å²) < 4.78 is 18.7. The number of hydrogen-bond acceptors (Lipinski definition) is 4. The van der Waals surface area contributed by atoms with Crippen LogP contribution in [0.5, 0.6) is 10.8 Å². The van der Waals surface area contributed by atoms with E-state index < -0.39 is 0 Å². The monoisotopic (exact) mass is 357 g/mol. The molecule has 0 spiro atoms. The van der Waals surface area contributed by atoms with Crippen LogP contribution in [-0.2, 0) is 0 Å². The van der Waals surface area contributed by atoms with Crippen molar-refractivity contribution in [2.24, 2.45) is 0 Å². The van der Waals surface area contributed by atoms with Crippen molar-refractivity contribution >= 4 is 28.2 Å². The Bertz CT molecular complexity index is 897. The first-order valence-electron chi connectivity index (χ1n) is 7.52. The lowest BCUT2D eigenvalue weighted by Gasteiger charge is -2.17. The van der Waals surface area contributed by atoms with Crippen LogP contribution in [0.15, 0.2) is 54.7 Å². The molecule has 25 heavy (non-hydrogen) atoms. The second-order valence-electron chi connectivity index (χ2n) is 5.37. The number of hydrogen-bond donors (Lipinski definition) is 1. The summed E-state index contributed by atoms with van der Waals surface area (Å²) in [6.07, 6.45) is 1.48. The summed E-state index contributed by atoms with van der Waals surface area (Å²) in [6.45, 7) is 1.96. The molecule has 3 rings (SSSR count). The Morgan fingerprint density at radius 2 is 2.04 bits per heavy atom. The van der Waals surface area contributed by atoms with E-state index >= 15 is 0 Å². The van der Waals surface area contributed by atoms with Crippen molar-refractivity contribution in [2.75, 3.05) is 17.3 Å². The van der Waals surface area contributed by atoms with E-state index in [2.05, 4.69) is 10.3 Å². The first-order valence-corrected chi connectivity index (χ1v) is 8.33. The maximum atomic E-state index is 13.2. The molecule has 0 atom stereocenters. The average molecular weight is 357 g/mol. The number of thiazole rings is 1. The zero-order chi connectivity index (χ0) is 17.8. The number of ether oxygens (including phenoxy) is 1. The summed E-state index contributed by atoms with van der Waals surface area (Å²) in [5, 5.41) is 3.57. The van der Waals surface area contributed by atoms with Crippen LogP contribution >= 0.6 is 11.3 Å². The highest BCUT2D eigenvalue weighted by atomic mass is 32.1. The van der Waals surface area contributed by atoms with Crippen LogP contribution in [0.2, 0.25) is 0 Å². The second kappa shape index (κ2) is 7.31. The van der Waals surface area contributed by atoms with Gasteiger partial charge in [-0.25, -0.2) is 14.2 Å². The van der Waals surface area contributed by atoms with Gasteiger partial charge >= 0.3 is 6.03 Å². The van der Waals surface area contributed by atoms with E-state index in [-0.39, 0.29) is 11.8 Å². The Balaban J connectivity index is 1.65. The Morgan fingerprint density at radius 1 is 1.24 bits per heavy atom. The molecule has 0 unspecified atom stereocenters. The Hall–Kier alpha value is -2.93. The minimum Gasteiger partial charge on any atom is -0.445 e. The van der Waals surface area contributed by atoms with Crippen molar-refractivity contribution in [3.63, 3.8) is 0 Å². The lowest BCUT2D eigenvalue weighted by Crippen LogP contribution is -2.31. The SMILES string of the molecule is Cc1cccc(N(C)C(=O)Nc2ncc(Oc3cccc(F)c3)s2)c1. The fraction of sp³-hybridized carbons (Fsp3) is 0.111. The van der Waals surface area contributed by atoms with E-state index in [0.717, 1.165) is 22.6 Å². The van der Waals surface area contributed by atoms with Gasteiger partial charge in [0.05, 0.1) is 6.20 Å². The molecule has 128 valence electrons. The number of urea groups is 1. The number of aromatic nitrogens is 1. The second-order valence-corrected chi connectivity index (χ2v) is 6.37. The fourth-order valence-electron chi connectivity index (χ4n) is 2.14. The number of amides is 2. The lowest BCUT2D eigenvalue weighted by atomic mass is 10.2. The number of halogens is 1. The molecule has 0 bridgehead atoms. The largest absolute Gasteiger partial charge is 0.445 e. The Labute approximate surface area is 148 Å². The summed E-state index contributed by atoms with van der Waals surface area (Å²) in [5.74, 6) is -0.00581. The molecule has 0 fully saturated rings. The maximum Gasteiger partial charge on any atom is 0.327 e. The van der Waals surface area contributed by atoms with Gasteiger partial charge in [-0.1, -0.05) is 29.5 Å². The molecule has 0 aliphatic heterocycles. The zero-order valence-corrected chi connectivity index (χ0v) is 14.5. The molecule has 1 N–H and O–H groups in total. The van der Waals surface area contributed by atoms with Gasteiger partial charge in [-0.05, 0) is 36.8 Å². The van der Waals surface area contributed by atoms with Crippen molar-refractivity contribution < 1.29 is 13.9 Å². The number of carbonyl (C=O) groups is 1. The predicted octanol–water partition coefficient (Wildman–Crippen LogP) is 5.05. The third-order valence-corrected chi connectivity index (χ3v) is 4.20. The number of aryl methyl sites for hydroxylation is 1. The molecule has 0 saturated heterocycles. The van der Waals surface area contributed by atoms with Crippen molar-refractivity contribution in [3.8, 4) is 10.8 Å². The van der Waals surface area contributed by atoms with E-state index in [1.54, 1.807) is 19.2 Å². The van der Waals surface area contributed by atoms with Crippen LogP contribution in [0.25, 0.3) is 0 Å². The van der Waals surface area contributed by atoms with E-state index in [1.807, 2.05) is 31.2 Å². The van der Waals surface area contributed by atoms with Gasteiger partial charge in [0.1, 0.15) is 11.6 Å². The summed E-state index contributed by atoms with van der Waals surface area (Å²) in [5.41, 5.74) is 1.85. The number of nitrogens with zero attached hydrogens (tertiary/aromatic N) is 2. The van der Waals surface area contributed by atoms with Crippen molar-refractivity contribution in [1.29, 1.82) is 0 Å². The van der Waals surface area contributed by atoms with Crippen LogP contribution in [0.1, 0.15) is 5.56 Å². The minimum absolute atomic E-state index is 0.308. The van der Waals surface area contributed by atoms with Crippen LogP contribution in [-0.4, -0.2) is 18.1 Å². The van der Waals surface area contributed by atoms with Gasteiger partial charge in [0.15, 0.2) is 5.13 Å². The highest BCUT2D eigenvalue weighted by Gasteiger charge is 2.13.